The van der Waals surface area contributed by atoms with Crippen LogP contribution >= 0.6 is 0 Å². The first kappa shape index (κ1) is 15.5. The van der Waals surface area contributed by atoms with E-state index in [0.29, 0.717) is 6.10 Å². The Kier molecular flexibility index (Phi) is 8.86. The van der Waals surface area contributed by atoms with Crippen molar-refractivity contribution in [3.05, 3.63) is 35.9 Å². The molecule has 0 spiro atoms. The van der Waals surface area contributed by atoms with E-state index in [9.17, 15) is 8.78 Å². The molecule has 1 aliphatic heterocycles. The van der Waals surface area contributed by atoms with Gasteiger partial charge in [0, 0.05) is 6.61 Å². The van der Waals surface area contributed by atoms with Crippen LogP contribution in [0.4, 0.5) is 8.78 Å². The summed E-state index contributed by atoms with van der Waals surface area (Å²) >= 11 is 0. The van der Waals surface area contributed by atoms with Gasteiger partial charge in [-0.05, 0) is 31.9 Å². The lowest BCUT2D eigenvalue weighted by Gasteiger charge is -1.94. The van der Waals surface area contributed by atoms with Gasteiger partial charge in [0.2, 0.25) is 0 Å². The molecule has 2 rings (SSSR count). The van der Waals surface area contributed by atoms with Crippen molar-refractivity contribution in [1.82, 2.24) is 0 Å². The fraction of sp³-hybridized carbons (Fsp3) is 0.417. The molecule has 1 aliphatic rings. The number of benzene rings is 1. The van der Waals surface area contributed by atoms with Crippen molar-refractivity contribution in [3.63, 3.8) is 0 Å². The normalized spacial score (nSPS) is 17.2. The molecule has 0 bridgehead atoms. The first-order valence-electron chi connectivity index (χ1n) is 5.21. The fourth-order valence-corrected chi connectivity index (χ4v) is 1.18. The smallest absolute Gasteiger partial charge is 0.290 e. The van der Waals surface area contributed by atoms with Crippen LogP contribution in [0.25, 0.3) is 0 Å². The summed E-state index contributed by atoms with van der Waals surface area (Å²) in [7, 11) is 0. The predicted octanol–water partition coefficient (Wildman–Crippen LogP) is 2.85. The molecule has 1 saturated heterocycles. The number of hydrogen-bond donors (Lipinski definition) is 1. The number of rotatable bonds is 0. The summed E-state index contributed by atoms with van der Waals surface area (Å²) in [6, 6.07) is 5.04. The second-order valence-corrected chi connectivity index (χ2v) is 3.34. The van der Waals surface area contributed by atoms with E-state index >= 15 is 0 Å². The Morgan fingerprint density at radius 3 is 2.00 bits per heavy atom. The van der Waals surface area contributed by atoms with E-state index in [-0.39, 0.29) is 6.47 Å². The van der Waals surface area contributed by atoms with Crippen molar-refractivity contribution in [1.29, 1.82) is 0 Å². The van der Waals surface area contributed by atoms with E-state index in [1.54, 1.807) is 0 Å². The largest absolute Gasteiger partial charge is 0.483 e. The molecule has 0 amide bonds. The SMILES string of the molecule is CC1CCCO1.Fc1ccccc1F.O=CO. The van der Waals surface area contributed by atoms with Gasteiger partial charge >= 0.3 is 0 Å². The van der Waals surface area contributed by atoms with Crippen LogP contribution < -0.4 is 0 Å². The van der Waals surface area contributed by atoms with Crippen molar-refractivity contribution in [2.75, 3.05) is 6.61 Å². The van der Waals surface area contributed by atoms with Gasteiger partial charge in [0.15, 0.2) is 11.6 Å². The molecule has 0 radical (unpaired) electrons. The van der Waals surface area contributed by atoms with E-state index in [1.165, 1.54) is 25.0 Å². The second kappa shape index (κ2) is 9.72. The number of carbonyl (C=O) groups is 1. The monoisotopic (exact) mass is 246 g/mol. The van der Waals surface area contributed by atoms with Crippen molar-refractivity contribution in [2.45, 2.75) is 25.9 Å². The lowest BCUT2D eigenvalue weighted by molar-refractivity contribution is -0.122. The van der Waals surface area contributed by atoms with E-state index in [4.69, 9.17) is 14.6 Å². The summed E-state index contributed by atoms with van der Waals surface area (Å²) in [5, 5.41) is 6.89. The van der Waals surface area contributed by atoms with E-state index in [0.717, 1.165) is 18.7 Å². The molecule has 96 valence electrons. The number of carboxylic acid groups (broad SMARTS) is 1. The van der Waals surface area contributed by atoms with Gasteiger partial charge in [0.1, 0.15) is 0 Å². The van der Waals surface area contributed by atoms with Crippen molar-refractivity contribution in [3.8, 4) is 0 Å². The van der Waals surface area contributed by atoms with Crippen LogP contribution in [0.2, 0.25) is 0 Å². The topological polar surface area (TPSA) is 46.5 Å². The minimum Gasteiger partial charge on any atom is -0.483 e. The van der Waals surface area contributed by atoms with Crippen LogP contribution in [0.1, 0.15) is 19.8 Å². The molecule has 0 saturated carbocycles. The zero-order chi connectivity index (χ0) is 13.1. The Morgan fingerprint density at radius 2 is 1.82 bits per heavy atom. The van der Waals surface area contributed by atoms with Gasteiger partial charge in [-0.25, -0.2) is 8.78 Å². The van der Waals surface area contributed by atoms with Gasteiger partial charge in [-0.15, -0.1) is 0 Å². The zero-order valence-electron chi connectivity index (χ0n) is 9.61. The molecule has 1 atom stereocenters. The molecule has 1 N–H and O–H groups in total. The van der Waals surface area contributed by atoms with Gasteiger partial charge in [0.25, 0.3) is 6.47 Å². The van der Waals surface area contributed by atoms with Crippen molar-refractivity contribution < 1.29 is 23.4 Å². The summed E-state index contributed by atoms with van der Waals surface area (Å²) in [6.07, 6.45) is 3.08. The molecule has 0 aliphatic carbocycles. The minimum atomic E-state index is -0.799. The highest BCUT2D eigenvalue weighted by atomic mass is 19.2. The third-order valence-electron chi connectivity index (χ3n) is 1.98. The molecule has 3 nitrogen and oxygen atoms in total. The van der Waals surface area contributed by atoms with Gasteiger partial charge in [-0.1, -0.05) is 12.1 Å². The maximum Gasteiger partial charge on any atom is 0.290 e. The van der Waals surface area contributed by atoms with Crippen LogP contribution in [0, 0.1) is 11.6 Å². The van der Waals surface area contributed by atoms with Crippen LogP contribution in [0.3, 0.4) is 0 Å². The lowest BCUT2D eigenvalue weighted by Crippen LogP contribution is -1.94. The number of ether oxygens (including phenoxy) is 1. The highest BCUT2D eigenvalue weighted by molar-refractivity contribution is 5.32. The average molecular weight is 246 g/mol. The van der Waals surface area contributed by atoms with E-state index in [1.807, 2.05) is 0 Å². The lowest BCUT2D eigenvalue weighted by atomic mass is 10.3. The van der Waals surface area contributed by atoms with Gasteiger partial charge in [-0.2, -0.15) is 0 Å². The highest BCUT2D eigenvalue weighted by Gasteiger charge is 2.07. The summed E-state index contributed by atoms with van der Waals surface area (Å²) in [4.78, 5) is 8.36. The molecule has 0 aromatic heterocycles. The Hall–Kier alpha value is -1.49. The maximum atomic E-state index is 11.9. The Morgan fingerprint density at radius 1 is 1.35 bits per heavy atom. The minimum absolute atomic E-state index is 0.250. The fourth-order valence-electron chi connectivity index (χ4n) is 1.18. The number of halogens is 2. The molecule has 1 aromatic rings. The molecular formula is C12H16F2O3. The summed E-state index contributed by atoms with van der Waals surface area (Å²) in [5.41, 5.74) is 0. The molecule has 1 aromatic carbocycles. The highest BCUT2D eigenvalue weighted by Crippen LogP contribution is 2.09. The maximum absolute atomic E-state index is 11.9. The average Bonchev–Trinajstić information content (AvgIpc) is 2.76. The quantitative estimate of drug-likeness (QED) is 0.716. The number of hydrogen-bond acceptors (Lipinski definition) is 2. The zero-order valence-corrected chi connectivity index (χ0v) is 9.61. The molecule has 1 fully saturated rings. The van der Waals surface area contributed by atoms with Gasteiger partial charge in [0.05, 0.1) is 6.10 Å². The van der Waals surface area contributed by atoms with Gasteiger partial charge in [-0.3, -0.25) is 4.79 Å². The van der Waals surface area contributed by atoms with Gasteiger partial charge < -0.3 is 9.84 Å². The Bertz CT molecular complexity index is 291. The summed E-state index contributed by atoms with van der Waals surface area (Å²) in [6.45, 7) is 2.86. The first-order chi connectivity index (χ1) is 8.11. The molecule has 5 heteroatoms. The van der Waals surface area contributed by atoms with Crippen LogP contribution in [0.5, 0.6) is 0 Å². The summed E-state index contributed by atoms with van der Waals surface area (Å²) in [5.74, 6) is -1.60. The third kappa shape index (κ3) is 8.33. The standard InChI is InChI=1S/C6H4F2.C5H10O.CH2O2/c7-5-3-1-2-4-6(5)8;1-5-3-2-4-6-5;2-1-3/h1-4H;5H,2-4H2,1H3;1H,(H,2,3). The first-order valence-corrected chi connectivity index (χ1v) is 5.21. The second-order valence-electron chi connectivity index (χ2n) is 3.34. The van der Waals surface area contributed by atoms with Crippen LogP contribution in [-0.4, -0.2) is 24.3 Å². The molecule has 1 heterocycles. The van der Waals surface area contributed by atoms with Crippen molar-refractivity contribution >= 4 is 6.47 Å². The molecule has 1 unspecified atom stereocenters. The summed E-state index contributed by atoms with van der Waals surface area (Å²) < 4.78 is 29.0. The van der Waals surface area contributed by atoms with Crippen molar-refractivity contribution in [2.24, 2.45) is 0 Å². The Balaban J connectivity index is 0.000000252. The predicted molar refractivity (Wildman–Crippen MR) is 59.7 cm³/mol. The third-order valence-corrected chi connectivity index (χ3v) is 1.98. The van der Waals surface area contributed by atoms with E-state index < -0.39 is 11.6 Å². The van der Waals surface area contributed by atoms with E-state index in [2.05, 4.69) is 6.92 Å². The molecule has 17 heavy (non-hydrogen) atoms. The molecular weight excluding hydrogens is 230 g/mol. The van der Waals surface area contributed by atoms with Crippen LogP contribution in [0.15, 0.2) is 24.3 Å². The van der Waals surface area contributed by atoms with Crippen LogP contribution in [-0.2, 0) is 9.53 Å². The Labute approximate surface area is 99.0 Å².